The molecule has 2 aromatic heterocycles. The van der Waals surface area contributed by atoms with Gasteiger partial charge in [-0.05, 0) is 37.9 Å². The molecule has 178 valence electrons. The first-order chi connectivity index (χ1) is 16.4. The number of hydrogen-bond donors (Lipinski definition) is 1. The zero-order chi connectivity index (χ0) is 23.8. The lowest BCUT2D eigenvalue weighted by Crippen LogP contribution is -2.44. The third-order valence-corrected chi connectivity index (χ3v) is 7.36. The number of aromatic nitrogens is 3. The lowest BCUT2D eigenvalue weighted by molar-refractivity contribution is 0.311. The summed E-state index contributed by atoms with van der Waals surface area (Å²) in [6.07, 6.45) is 4.52. The molecule has 3 aromatic rings. The zero-order valence-corrected chi connectivity index (χ0v) is 20.7. The molecule has 5 rings (SSSR count). The Bertz CT molecular complexity index is 1230. The molecule has 0 atom stereocenters. The number of piperazine rings is 1. The molecule has 1 saturated heterocycles. The van der Waals surface area contributed by atoms with E-state index in [-0.39, 0.29) is 17.6 Å². The quantitative estimate of drug-likeness (QED) is 0.504. The number of ether oxygens (including phenoxy) is 1. The van der Waals surface area contributed by atoms with E-state index in [1.807, 2.05) is 31.3 Å². The minimum atomic E-state index is -0.376. The Morgan fingerprint density at radius 1 is 1.15 bits per heavy atom. The van der Waals surface area contributed by atoms with Gasteiger partial charge in [0.25, 0.3) is 0 Å². The number of likely N-dealkylation sites (N-methyl/N-ethyl adjacent to an activating group) is 1. The van der Waals surface area contributed by atoms with E-state index in [0.29, 0.717) is 17.3 Å². The van der Waals surface area contributed by atoms with Gasteiger partial charge in [0.15, 0.2) is 16.7 Å². The third-order valence-electron chi connectivity index (χ3n) is 6.14. The average molecular weight is 481 g/mol. The lowest BCUT2D eigenvalue weighted by atomic mass is 10.1. The molecule has 1 fully saturated rings. The van der Waals surface area contributed by atoms with E-state index in [2.05, 4.69) is 51.0 Å². The Morgan fingerprint density at radius 2 is 1.94 bits per heavy atom. The Hall–Kier alpha value is -3.04. The van der Waals surface area contributed by atoms with E-state index in [0.717, 1.165) is 54.7 Å². The van der Waals surface area contributed by atoms with Crippen molar-refractivity contribution in [3.05, 3.63) is 51.8 Å². The van der Waals surface area contributed by atoms with Crippen LogP contribution >= 0.6 is 11.3 Å². The minimum Gasteiger partial charge on any atom is -0.421 e. The predicted octanol–water partition coefficient (Wildman–Crippen LogP) is 5.44. The number of nitrogens with one attached hydrogen (secondary N) is 1. The highest BCUT2D eigenvalue weighted by Crippen LogP contribution is 2.35. The number of thiazole rings is 1. The van der Waals surface area contributed by atoms with Crippen molar-refractivity contribution in [2.75, 3.05) is 43.4 Å². The maximum absolute atomic E-state index is 15.2. The van der Waals surface area contributed by atoms with Gasteiger partial charge in [0.2, 0.25) is 0 Å². The van der Waals surface area contributed by atoms with Crippen molar-refractivity contribution < 1.29 is 9.13 Å². The third kappa shape index (κ3) is 4.76. The largest absolute Gasteiger partial charge is 0.421 e. The Labute approximate surface area is 203 Å². The van der Waals surface area contributed by atoms with Crippen LogP contribution in [0.2, 0.25) is 0 Å². The molecule has 1 aliphatic heterocycles. The van der Waals surface area contributed by atoms with Crippen molar-refractivity contribution in [1.29, 1.82) is 0 Å². The summed E-state index contributed by atoms with van der Waals surface area (Å²) >= 11 is 1.59. The van der Waals surface area contributed by atoms with Gasteiger partial charge >= 0.3 is 6.01 Å². The van der Waals surface area contributed by atoms with E-state index in [1.54, 1.807) is 17.4 Å². The van der Waals surface area contributed by atoms with Crippen LogP contribution in [0.3, 0.4) is 0 Å². The molecule has 9 heteroatoms. The molecule has 3 heterocycles. The summed E-state index contributed by atoms with van der Waals surface area (Å²) in [6, 6.07) is 5.58. The molecule has 0 unspecified atom stereocenters. The molecule has 0 amide bonds. The van der Waals surface area contributed by atoms with Gasteiger partial charge < -0.3 is 19.9 Å². The molecular weight excluding hydrogens is 451 g/mol. The Kier molecular flexibility index (Phi) is 6.22. The number of rotatable bonds is 6. The number of allylic oxidation sites excluding steroid dienone is 1. The molecule has 0 spiro atoms. The molecule has 0 bridgehead atoms. The molecule has 7 nitrogen and oxygen atoms in total. The maximum atomic E-state index is 15.2. The van der Waals surface area contributed by atoms with Crippen LogP contribution in [0.4, 0.5) is 21.2 Å². The van der Waals surface area contributed by atoms with Crippen molar-refractivity contribution >= 4 is 34.2 Å². The molecule has 0 saturated carbocycles. The van der Waals surface area contributed by atoms with Crippen molar-refractivity contribution in [1.82, 2.24) is 19.9 Å². The van der Waals surface area contributed by atoms with Crippen LogP contribution in [-0.2, 0) is 6.42 Å². The van der Waals surface area contributed by atoms with E-state index < -0.39 is 0 Å². The zero-order valence-electron chi connectivity index (χ0n) is 19.9. The van der Waals surface area contributed by atoms with E-state index in [4.69, 9.17) is 4.74 Å². The highest BCUT2D eigenvalue weighted by molar-refractivity contribution is 7.15. The maximum Gasteiger partial charge on any atom is 0.326 e. The van der Waals surface area contributed by atoms with Crippen LogP contribution in [0.15, 0.2) is 30.0 Å². The summed E-state index contributed by atoms with van der Waals surface area (Å²) in [5, 5.41) is 4.04. The fourth-order valence-electron chi connectivity index (χ4n) is 4.14. The molecule has 2 aliphatic rings. The monoisotopic (exact) mass is 480 g/mol. The van der Waals surface area contributed by atoms with Crippen LogP contribution < -0.4 is 15.0 Å². The number of hydrogen-bond acceptors (Lipinski definition) is 8. The lowest BCUT2D eigenvalue weighted by Gasteiger charge is -2.33. The van der Waals surface area contributed by atoms with Crippen LogP contribution in [0.1, 0.15) is 42.7 Å². The standard InChI is InChI=1S/C25H29FN6OS/c1-15(2)20-14-27-25(34-20)29-21-13-22(32-9-7-31(4)8-10-32)30-24(28-21)33-19-6-5-17-11-16(3)12-18(17)23(19)26/h5-6,12-15H,7-11H2,1-4H3,(H,27,28,29,30). The Balaban J connectivity index is 1.46. The van der Waals surface area contributed by atoms with Crippen LogP contribution in [-0.4, -0.2) is 53.1 Å². The van der Waals surface area contributed by atoms with Gasteiger partial charge in [-0.15, -0.1) is 11.3 Å². The minimum absolute atomic E-state index is 0.108. The van der Waals surface area contributed by atoms with E-state index >= 15 is 4.39 Å². The van der Waals surface area contributed by atoms with E-state index in [9.17, 15) is 0 Å². The van der Waals surface area contributed by atoms with Gasteiger partial charge in [-0.25, -0.2) is 9.37 Å². The number of halogens is 1. The van der Waals surface area contributed by atoms with Crippen molar-refractivity contribution in [2.45, 2.75) is 33.1 Å². The topological polar surface area (TPSA) is 66.4 Å². The second kappa shape index (κ2) is 9.31. The number of anilines is 3. The fraction of sp³-hybridized carbons (Fsp3) is 0.400. The van der Waals surface area contributed by atoms with Crippen LogP contribution in [0.5, 0.6) is 11.8 Å². The summed E-state index contributed by atoms with van der Waals surface area (Å²) in [5.41, 5.74) is 2.70. The normalized spacial score (nSPS) is 16.1. The first-order valence-corrected chi connectivity index (χ1v) is 12.4. The summed E-state index contributed by atoms with van der Waals surface area (Å²) < 4.78 is 21.1. The smallest absolute Gasteiger partial charge is 0.326 e. The first kappa shape index (κ1) is 22.7. The van der Waals surface area contributed by atoms with E-state index in [1.165, 1.54) is 4.88 Å². The number of benzene rings is 1. The van der Waals surface area contributed by atoms with Gasteiger partial charge in [0.1, 0.15) is 11.6 Å². The number of fused-ring (bicyclic) bond motifs is 1. The van der Waals surface area contributed by atoms with Gasteiger partial charge in [-0.2, -0.15) is 9.97 Å². The first-order valence-electron chi connectivity index (χ1n) is 11.6. The fourth-order valence-corrected chi connectivity index (χ4v) is 4.96. The Morgan fingerprint density at radius 3 is 2.68 bits per heavy atom. The van der Waals surface area contributed by atoms with Crippen LogP contribution in [0.25, 0.3) is 6.08 Å². The second-order valence-electron chi connectivity index (χ2n) is 9.25. The SMILES string of the molecule is CC1=Cc2c(ccc(Oc3nc(Nc4ncc(C(C)C)s4)cc(N4CCN(C)CC4)n3)c2F)C1. The molecular formula is C25H29FN6OS. The average Bonchev–Trinajstić information content (AvgIpc) is 3.43. The number of nitrogens with zero attached hydrogens (tertiary/aromatic N) is 5. The highest BCUT2D eigenvalue weighted by atomic mass is 32.1. The van der Waals surface area contributed by atoms with Crippen molar-refractivity contribution in [3.63, 3.8) is 0 Å². The molecule has 1 N–H and O–H groups in total. The molecule has 34 heavy (non-hydrogen) atoms. The van der Waals surface area contributed by atoms with Gasteiger partial charge in [-0.1, -0.05) is 31.6 Å². The summed E-state index contributed by atoms with van der Waals surface area (Å²) in [6.45, 7) is 9.86. The highest BCUT2D eigenvalue weighted by Gasteiger charge is 2.21. The molecule has 1 aliphatic carbocycles. The van der Waals surface area contributed by atoms with Crippen molar-refractivity contribution in [2.24, 2.45) is 0 Å². The molecule has 0 radical (unpaired) electrons. The second-order valence-corrected chi connectivity index (χ2v) is 10.3. The summed E-state index contributed by atoms with van der Waals surface area (Å²) in [4.78, 5) is 19.3. The van der Waals surface area contributed by atoms with Gasteiger partial charge in [0.05, 0.1) is 0 Å². The summed E-state index contributed by atoms with van der Waals surface area (Å²) in [5.74, 6) is 1.47. The van der Waals surface area contributed by atoms with Gasteiger partial charge in [0, 0.05) is 48.9 Å². The van der Waals surface area contributed by atoms with Crippen LogP contribution in [0, 0.1) is 5.82 Å². The molecule has 1 aromatic carbocycles. The predicted molar refractivity (Wildman–Crippen MR) is 135 cm³/mol. The summed E-state index contributed by atoms with van der Waals surface area (Å²) in [7, 11) is 2.11. The van der Waals surface area contributed by atoms with Gasteiger partial charge in [-0.3, -0.25) is 0 Å². The van der Waals surface area contributed by atoms with Crippen molar-refractivity contribution in [3.8, 4) is 11.8 Å².